The first kappa shape index (κ1) is 15.0. The summed E-state index contributed by atoms with van der Waals surface area (Å²) in [5.74, 6) is 0. The van der Waals surface area contributed by atoms with E-state index >= 15 is 0 Å². The molecule has 2 rings (SSSR count). The highest BCUT2D eigenvalue weighted by Crippen LogP contribution is 2.28. The number of hydrogen-bond donors (Lipinski definition) is 1. The van der Waals surface area contributed by atoms with Crippen LogP contribution in [0.1, 0.15) is 50.1 Å². The molecule has 1 heterocycles. The van der Waals surface area contributed by atoms with Crippen molar-refractivity contribution < 1.29 is 0 Å². The van der Waals surface area contributed by atoms with Crippen molar-refractivity contribution in [1.29, 1.82) is 0 Å². The molecule has 0 amide bonds. The molecule has 0 saturated carbocycles. The zero-order valence-electron chi connectivity index (χ0n) is 13.6. The van der Waals surface area contributed by atoms with E-state index in [1.54, 1.807) is 0 Å². The van der Waals surface area contributed by atoms with Crippen LogP contribution in [0.25, 0.3) is 10.9 Å². The molecule has 2 heteroatoms. The highest BCUT2D eigenvalue weighted by atomic mass is 14.8. The van der Waals surface area contributed by atoms with Crippen molar-refractivity contribution in [1.82, 2.24) is 10.3 Å². The van der Waals surface area contributed by atoms with Crippen molar-refractivity contribution in [3.8, 4) is 0 Å². The molecule has 2 aromatic rings. The van der Waals surface area contributed by atoms with Crippen LogP contribution in [0.3, 0.4) is 0 Å². The van der Waals surface area contributed by atoms with Gasteiger partial charge in [0.15, 0.2) is 0 Å². The maximum Gasteiger partial charge on any atom is 0.0714 e. The molecule has 0 unspecified atom stereocenters. The predicted molar refractivity (Wildman–Crippen MR) is 87.3 cm³/mol. The van der Waals surface area contributed by atoms with Crippen molar-refractivity contribution >= 4 is 10.9 Å². The summed E-state index contributed by atoms with van der Waals surface area (Å²) in [4.78, 5) is 4.91. The maximum absolute atomic E-state index is 4.91. The summed E-state index contributed by atoms with van der Waals surface area (Å²) in [7, 11) is 0. The standard InChI is InChI=1S/C18H26N2/c1-7-19-11-14-10-16(18(4,5)6)20-15-9-12(2)8-13(3)17(14)15/h8-10,19H,7,11H2,1-6H3. The molecule has 0 radical (unpaired) electrons. The van der Waals surface area contributed by atoms with E-state index in [0.717, 1.165) is 18.6 Å². The minimum absolute atomic E-state index is 0.0762. The van der Waals surface area contributed by atoms with Gasteiger partial charge in [0.25, 0.3) is 0 Å². The third-order valence-corrected chi connectivity index (χ3v) is 3.67. The summed E-state index contributed by atoms with van der Waals surface area (Å²) < 4.78 is 0. The van der Waals surface area contributed by atoms with Gasteiger partial charge in [-0.25, -0.2) is 0 Å². The molecule has 0 aliphatic heterocycles. The van der Waals surface area contributed by atoms with Crippen LogP contribution >= 0.6 is 0 Å². The number of pyridine rings is 1. The summed E-state index contributed by atoms with van der Waals surface area (Å²) in [6.07, 6.45) is 0. The Morgan fingerprint density at radius 1 is 1.10 bits per heavy atom. The molecule has 0 bridgehead atoms. The lowest BCUT2D eigenvalue weighted by molar-refractivity contribution is 0.569. The molecule has 1 aromatic heterocycles. The molecular formula is C18H26N2. The average Bonchev–Trinajstić information content (AvgIpc) is 2.33. The Morgan fingerprint density at radius 3 is 2.40 bits per heavy atom. The third-order valence-electron chi connectivity index (χ3n) is 3.67. The van der Waals surface area contributed by atoms with Crippen LogP contribution in [0.15, 0.2) is 18.2 Å². The van der Waals surface area contributed by atoms with Gasteiger partial charge in [-0.05, 0) is 49.2 Å². The van der Waals surface area contributed by atoms with Gasteiger partial charge in [-0.2, -0.15) is 0 Å². The molecule has 1 aromatic carbocycles. The first-order valence-corrected chi connectivity index (χ1v) is 7.45. The number of benzene rings is 1. The SMILES string of the molecule is CCNCc1cc(C(C)(C)C)nc2cc(C)cc(C)c12. The summed E-state index contributed by atoms with van der Waals surface area (Å²) in [6, 6.07) is 6.72. The molecule has 2 nitrogen and oxygen atoms in total. The number of nitrogens with one attached hydrogen (secondary N) is 1. The van der Waals surface area contributed by atoms with Crippen LogP contribution in [-0.2, 0) is 12.0 Å². The number of aryl methyl sites for hydroxylation is 2. The first-order valence-electron chi connectivity index (χ1n) is 7.45. The number of nitrogens with zero attached hydrogens (tertiary/aromatic N) is 1. The van der Waals surface area contributed by atoms with E-state index < -0.39 is 0 Å². The Labute approximate surface area is 122 Å². The number of rotatable bonds is 3. The van der Waals surface area contributed by atoms with Crippen molar-refractivity contribution in [2.45, 2.75) is 53.5 Å². The van der Waals surface area contributed by atoms with Crippen molar-refractivity contribution in [3.63, 3.8) is 0 Å². The molecule has 0 aliphatic carbocycles. The first-order chi connectivity index (χ1) is 9.32. The van der Waals surface area contributed by atoms with Crippen molar-refractivity contribution in [3.05, 3.63) is 40.6 Å². The highest BCUT2D eigenvalue weighted by Gasteiger charge is 2.18. The van der Waals surface area contributed by atoms with E-state index in [9.17, 15) is 0 Å². The summed E-state index contributed by atoms with van der Waals surface area (Å²) in [5, 5.41) is 4.76. The van der Waals surface area contributed by atoms with Gasteiger partial charge in [0, 0.05) is 23.0 Å². The van der Waals surface area contributed by atoms with Crippen molar-refractivity contribution in [2.24, 2.45) is 0 Å². The van der Waals surface area contributed by atoms with E-state index in [4.69, 9.17) is 4.98 Å². The second-order valence-corrected chi connectivity index (χ2v) is 6.67. The van der Waals surface area contributed by atoms with Gasteiger partial charge < -0.3 is 5.32 Å². The topological polar surface area (TPSA) is 24.9 Å². The summed E-state index contributed by atoms with van der Waals surface area (Å²) >= 11 is 0. The Morgan fingerprint density at radius 2 is 1.80 bits per heavy atom. The van der Waals surface area contributed by atoms with E-state index in [-0.39, 0.29) is 5.41 Å². The van der Waals surface area contributed by atoms with Gasteiger partial charge >= 0.3 is 0 Å². The van der Waals surface area contributed by atoms with Gasteiger partial charge in [-0.3, -0.25) is 4.98 Å². The fourth-order valence-corrected chi connectivity index (χ4v) is 2.63. The van der Waals surface area contributed by atoms with E-state index in [2.05, 4.69) is 65.1 Å². The molecule has 108 valence electrons. The van der Waals surface area contributed by atoms with Gasteiger partial charge in [0.05, 0.1) is 5.52 Å². The molecular weight excluding hydrogens is 244 g/mol. The number of aromatic nitrogens is 1. The highest BCUT2D eigenvalue weighted by molar-refractivity contribution is 5.86. The zero-order valence-corrected chi connectivity index (χ0v) is 13.6. The Bertz CT molecular complexity index is 621. The van der Waals surface area contributed by atoms with E-state index in [1.807, 2.05) is 0 Å². The van der Waals surface area contributed by atoms with Gasteiger partial charge in [0.2, 0.25) is 0 Å². The zero-order chi connectivity index (χ0) is 14.9. The second-order valence-electron chi connectivity index (χ2n) is 6.67. The van der Waals surface area contributed by atoms with Gasteiger partial charge in [0.1, 0.15) is 0 Å². The van der Waals surface area contributed by atoms with Crippen LogP contribution < -0.4 is 5.32 Å². The smallest absolute Gasteiger partial charge is 0.0714 e. The third kappa shape index (κ3) is 3.01. The fourth-order valence-electron chi connectivity index (χ4n) is 2.63. The fraction of sp³-hybridized carbons (Fsp3) is 0.500. The van der Waals surface area contributed by atoms with Gasteiger partial charge in [-0.15, -0.1) is 0 Å². The maximum atomic E-state index is 4.91. The monoisotopic (exact) mass is 270 g/mol. The van der Waals surface area contributed by atoms with Crippen LogP contribution in [0.4, 0.5) is 0 Å². The van der Waals surface area contributed by atoms with Crippen molar-refractivity contribution in [2.75, 3.05) is 6.54 Å². The number of fused-ring (bicyclic) bond motifs is 1. The van der Waals surface area contributed by atoms with Crippen LogP contribution in [0.5, 0.6) is 0 Å². The average molecular weight is 270 g/mol. The van der Waals surface area contributed by atoms with Gasteiger partial charge in [-0.1, -0.05) is 33.8 Å². The second kappa shape index (κ2) is 5.53. The van der Waals surface area contributed by atoms with Crippen LogP contribution in [-0.4, -0.2) is 11.5 Å². The lowest BCUT2D eigenvalue weighted by Crippen LogP contribution is -2.17. The predicted octanol–water partition coefficient (Wildman–Crippen LogP) is 4.26. The number of hydrogen-bond acceptors (Lipinski definition) is 2. The molecule has 0 saturated heterocycles. The summed E-state index contributed by atoms with van der Waals surface area (Å²) in [5.41, 5.74) is 6.33. The minimum Gasteiger partial charge on any atom is -0.313 e. The minimum atomic E-state index is 0.0762. The quantitative estimate of drug-likeness (QED) is 0.901. The lowest BCUT2D eigenvalue weighted by Gasteiger charge is -2.21. The molecule has 0 aliphatic rings. The molecule has 0 fully saturated rings. The van der Waals surface area contributed by atoms with Crippen LogP contribution in [0, 0.1) is 13.8 Å². The summed E-state index contributed by atoms with van der Waals surface area (Å²) in [6.45, 7) is 15.0. The molecule has 0 atom stereocenters. The normalized spacial score (nSPS) is 12.1. The van der Waals surface area contributed by atoms with E-state index in [0.29, 0.717) is 0 Å². The Kier molecular flexibility index (Phi) is 4.14. The molecule has 20 heavy (non-hydrogen) atoms. The Hall–Kier alpha value is -1.41. The molecule has 1 N–H and O–H groups in total. The Balaban J connectivity index is 2.71. The largest absolute Gasteiger partial charge is 0.313 e. The molecule has 0 spiro atoms. The van der Waals surface area contributed by atoms with Crippen LogP contribution in [0.2, 0.25) is 0 Å². The lowest BCUT2D eigenvalue weighted by atomic mass is 9.89. The van der Waals surface area contributed by atoms with E-state index in [1.165, 1.54) is 27.8 Å².